The summed E-state index contributed by atoms with van der Waals surface area (Å²) in [5.41, 5.74) is 3.05. The van der Waals surface area contributed by atoms with Crippen LogP contribution in [0.1, 0.15) is 39.4 Å². The number of carbonyl (C=O) groups is 3. The van der Waals surface area contributed by atoms with Crippen LogP contribution in [-0.4, -0.2) is 52.6 Å². The van der Waals surface area contributed by atoms with Crippen molar-refractivity contribution < 1.29 is 24.6 Å². The molecule has 158 valence electrons. The Bertz CT molecular complexity index is 1010. The van der Waals surface area contributed by atoms with E-state index < -0.39 is 30.3 Å². The zero-order valence-electron chi connectivity index (χ0n) is 16.1. The summed E-state index contributed by atoms with van der Waals surface area (Å²) in [7, 11) is 1.97. The number of carboxylic acids is 2. The van der Waals surface area contributed by atoms with Gasteiger partial charge in [0.1, 0.15) is 6.04 Å². The van der Waals surface area contributed by atoms with Crippen molar-refractivity contribution in [1.29, 1.82) is 0 Å². The van der Waals surface area contributed by atoms with Crippen molar-refractivity contribution in [1.82, 2.24) is 10.2 Å². The molecule has 7 nitrogen and oxygen atoms in total. The lowest BCUT2D eigenvalue weighted by Crippen LogP contribution is -2.42. The van der Waals surface area contributed by atoms with Crippen molar-refractivity contribution >= 4 is 41.0 Å². The van der Waals surface area contributed by atoms with Gasteiger partial charge in [-0.15, -0.1) is 0 Å². The first-order valence-electron chi connectivity index (χ1n) is 9.17. The number of nitrogens with one attached hydrogen (secondary N) is 1. The molecule has 1 aliphatic heterocycles. The summed E-state index contributed by atoms with van der Waals surface area (Å²) in [5.74, 6) is -3.46. The van der Waals surface area contributed by atoms with Gasteiger partial charge in [-0.25, -0.2) is 4.79 Å². The van der Waals surface area contributed by atoms with Crippen LogP contribution in [0.15, 0.2) is 36.4 Å². The molecule has 30 heavy (non-hydrogen) atoms. The first-order valence-corrected chi connectivity index (χ1v) is 9.93. The molecular weight excluding hydrogens is 431 g/mol. The Morgan fingerprint density at radius 2 is 1.93 bits per heavy atom. The minimum absolute atomic E-state index is 0.0861. The molecular formula is C21H20Cl2N2O5. The highest BCUT2D eigenvalue weighted by molar-refractivity contribution is 6.35. The summed E-state index contributed by atoms with van der Waals surface area (Å²) >= 11 is 12.6. The molecule has 1 heterocycles. The molecule has 0 fully saturated rings. The minimum atomic E-state index is -1.52. The van der Waals surface area contributed by atoms with Crippen molar-refractivity contribution in [2.45, 2.75) is 24.9 Å². The number of benzene rings is 2. The third-order valence-electron chi connectivity index (χ3n) is 5.03. The summed E-state index contributed by atoms with van der Waals surface area (Å²) in [4.78, 5) is 36.8. The van der Waals surface area contributed by atoms with Gasteiger partial charge in [0.05, 0.1) is 6.42 Å². The van der Waals surface area contributed by atoms with E-state index in [9.17, 15) is 14.4 Å². The highest BCUT2D eigenvalue weighted by atomic mass is 35.5. The van der Waals surface area contributed by atoms with E-state index in [0.29, 0.717) is 23.1 Å². The number of hydrogen-bond acceptors (Lipinski definition) is 4. The van der Waals surface area contributed by atoms with Crippen LogP contribution in [-0.2, 0) is 16.1 Å². The molecule has 0 saturated heterocycles. The van der Waals surface area contributed by atoms with Crippen LogP contribution in [0, 0.1) is 0 Å². The molecule has 2 unspecified atom stereocenters. The van der Waals surface area contributed by atoms with Crippen LogP contribution >= 0.6 is 23.2 Å². The fourth-order valence-corrected chi connectivity index (χ4v) is 4.21. The number of fused-ring (bicyclic) bond motifs is 1. The summed E-state index contributed by atoms with van der Waals surface area (Å²) in [6, 6.07) is 8.88. The largest absolute Gasteiger partial charge is 0.481 e. The Balaban J connectivity index is 1.92. The molecule has 0 bridgehead atoms. The number of nitrogens with zero attached hydrogens (tertiary/aromatic N) is 1. The number of rotatable bonds is 6. The van der Waals surface area contributed by atoms with Crippen LogP contribution in [0.4, 0.5) is 0 Å². The standard InChI is InChI=1S/C21H20Cl2N2O5/c1-25-9-15(14-6-13(22)7-17(23)16(14)10-25)11-3-2-4-12(5-11)20(28)24-18(21(29)30)8-19(26)27/h2-7,15,18H,8-10H2,1H3,(H,24,28)(H,26,27)(H,29,30). The van der Waals surface area contributed by atoms with Gasteiger partial charge >= 0.3 is 11.9 Å². The highest BCUT2D eigenvalue weighted by Crippen LogP contribution is 2.38. The average molecular weight is 451 g/mol. The van der Waals surface area contributed by atoms with Crippen LogP contribution in [0.25, 0.3) is 0 Å². The Labute approximate surface area is 183 Å². The first-order chi connectivity index (χ1) is 14.2. The van der Waals surface area contributed by atoms with Gasteiger partial charge < -0.3 is 20.4 Å². The molecule has 1 aliphatic rings. The van der Waals surface area contributed by atoms with Crippen molar-refractivity contribution in [3.63, 3.8) is 0 Å². The zero-order chi connectivity index (χ0) is 22.0. The Morgan fingerprint density at radius 1 is 1.20 bits per heavy atom. The lowest BCUT2D eigenvalue weighted by Gasteiger charge is -2.33. The molecule has 0 aliphatic carbocycles. The number of aliphatic carboxylic acids is 2. The summed E-state index contributed by atoms with van der Waals surface area (Å²) in [6.45, 7) is 1.36. The Morgan fingerprint density at radius 3 is 2.60 bits per heavy atom. The van der Waals surface area contributed by atoms with Gasteiger partial charge in [-0.05, 0) is 48.0 Å². The Kier molecular flexibility index (Phi) is 6.65. The van der Waals surface area contributed by atoms with Gasteiger partial charge in [-0.1, -0.05) is 35.3 Å². The number of carbonyl (C=O) groups excluding carboxylic acids is 1. The molecule has 0 radical (unpaired) electrons. The van der Waals surface area contributed by atoms with Crippen LogP contribution in [0.5, 0.6) is 0 Å². The lowest BCUT2D eigenvalue weighted by molar-refractivity contribution is -0.145. The number of likely N-dealkylation sites (N-methyl/N-ethyl adjacent to an activating group) is 1. The van der Waals surface area contributed by atoms with E-state index in [2.05, 4.69) is 10.2 Å². The Hall–Kier alpha value is -2.61. The maximum Gasteiger partial charge on any atom is 0.326 e. The number of halogens is 2. The van der Waals surface area contributed by atoms with Gasteiger partial charge in [0, 0.05) is 34.6 Å². The molecule has 3 rings (SSSR count). The smallest absolute Gasteiger partial charge is 0.326 e. The monoisotopic (exact) mass is 450 g/mol. The second-order valence-electron chi connectivity index (χ2n) is 7.29. The maximum atomic E-state index is 12.6. The second-order valence-corrected chi connectivity index (χ2v) is 8.14. The number of hydrogen-bond donors (Lipinski definition) is 3. The predicted molar refractivity (Wildman–Crippen MR) is 112 cm³/mol. The van der Waals surface area contributed by atoms with Gasteiger partial charge in [-0.3, -0.25) is 9.59 Å². The fraction of sp³-hybridized carbons (Fsp3) is 0.286. The zero-order valence-corrected chi connectivity index (χ0v) is 17.6. The van der Waals surface area contributed by atoms with Gasteiger partial charge in [0.15, 0.2) is 0 Å². The molecule has 3 N–H and O–H groups in total. The molecule has 0 saturated carbocycles. The molecule has 2 aromatic carbocycles. The van der Waals surface area contributed by atoms with E-state index in [-0.39, 0.29) is 11.5 Å². The minimum Gasteiger partial charge on any atom is -0.481 e. The third-order valence-corrected chi connectivity index (χ3v) is 5.58. The quantitative estimate of drug-likeness (QED) is 0.623. The van der Waals surface area contributed by atoms with Crippen molar-refractivity contribution in [2.75, 3.05) is 13.6 Å². The van der Waals surface area contributed by atoms with E-state index in [4.69, 9.17) is 33.4 Å². The van der Waals surface area contributed by atoms with E-state index in [1.807, 2.05) is 19.2 Å². The predicted octanol–water partition coefficient (Wildman–Crippen LogP) is 3.23. The van der Waals surface area contributed by atoms with Gasteiger partial charge in [-0.2, -0.15) is 0 Å². The van der Waals surface area contributed by atoms with E-state index in [1.165, 1.54) is 0 Å². The summed E-state index contributed by atoms with van der Waals surface area (Å²) < 4.78 is 0. The van der Waals surface area contributed by atoms with E-state index in [0.717, 1.165) is 16.7 Å². The summed E-state index contributed by atoms with van der Waals surface area (Å²) in [6.07, 6.45) is -0.710. The topological polar surface area (TPSA) is 107 Å². The molecule has 9 heteroatoms. The highest BCUT2D eigenvalue weighted by Gasteiger charge is 2.28. The molecule has 0 spiro atoms. The van der Waals surface area contributed by atoms with Gasteiger partial charge in [0.25, 0.3) is 5.91 Å². The first kappa shape index (κ1) is 22.1. The van der Waals surface area contributed by atoms with E-state index >= 15 is 0 Å². The van der Waals surface area contributed by atoms with Crippen molar-refractivity contribution in [3.8, 4) is 0 Å². The fourth-order valence-electron chi connectivity index (χ4n) is 3.64. The molecule has 2 atom stereocenters. The molecule has 0 aromatic heterocycles. The van der Waals surface area contributed by atoms with Crippen LogP contribution < -0.4 is 5.32 Å². The van der Waals surface area contributed by atoms with E-state index in [1.54, 1.807) is 24.3 Å². The lowest BCUT2D eigenvalue weighted by atomic mass is 9.84. The van der Waals surface area contributed by atoms with Crippen LogP contribution in [0.3, 0.4) is 0 Å². The van der Waals surface area contributed by atoms with Crippen LogP contribution in [0.2, 0.25) is 10.0 Å². The SMILES string of the molecule is CN1Cc2c(Cl)cc(Cl)cc2C(c2cccc(C(=O)NC(CC(=O)O)C(=O)O)c2)C1. The molecule has 1 amide bonds. The number of amides is 1. The molecule has 2 aromatic rings. The normalized spacial score (nSPS) is 17.1. The number of carboxylic acid groups (broad SMARTS) is 2. The second kappa shape index (κ2) is 9.04. The summed E-state index contributed by atoms with van der Waals surface area (Å²) in [5, 5.41) is 21.4. The van der Waals surface area contributed by atoms with Gasteiger partial charge in [0.2, 0.25) is 0 Å². The average Bonchev–Trinajstić information content (AvgIpc) is 2.67. The van der Waals surface area contributed by atoms with Crippen molar-refractivity contribution in [2.24, 2.45) is 0 Å². The third kappa shape index (κ3) is 4.92. The van der Waals surface area contributed by atoms with Crippen molar-refractivity contribution in [3.05, 3.63) is 68.7 Å². The maximum absolute atomic E-state index is 12.6.